The van der Waals surface area contributed by atoms with Gasteiger partial charge in [-0.2, -0.15) is 0 Å². The molecular formula is C17H17ClN2O4. The average molecular weight is 349 g/mol. The van der Waals surface area contributed by atoms with Crippen molar-refractivity contribution in [2.45, 2.75) is 31.7 Å². The SMILES string of the molecule is O=C(CCc1ncc(-c2ccccc2Cl)o1)NC(C(=O)O)C1CC1. The highest BCUT2D eigenvalue weighted by Crippen LogP contribution is 2.33. The third kappa shape index (κ3) is 3.94. The number of benzene rings is 1. The number of hydrogen-bond donors (Lipinski definition) is 2. The standard InChI is InChI=1S/C17H17ClN2O4/c18-12-4-2-1-3-11(12)13-9-19-15(24-13)8-7-14(21)20-16(17(22)23)10-5-6-10/h1-4,9-10,16H,5-8H2,(H,20,21)(H,22,23). The average Bonchev–Trinajstić information content (AvgIpc) is 3.28. The third-order valence-electron chi connectivity index (χ3n) is 3.93. The molecule has 0 saturated heterocycles. The van der Waals surface area contributed by atoms with Gasteiger partial charge in [-0.25, -0.2) is 9.78 Å². The monoisotopic (exact) mass is 348 g/mol. The van der Waals surface area contributed by atoms with Crippen LogP contribution in [-0.4, -0.2) is 28.0 Å². The predicted octanol–water partition coefficient (Wildman–Crippen LogP) is 2.91. The molecule has 2 aromatic rings. The van der Waals surface area contributed by atoms with Crippen LogP contribution in [0, 0.1) is 5.92 Å². The first kappa shape index (κ1) is 16.5. The molecule has 126 valence electrons. The van der Waals surface area contributed by atoms with Crippen molar-refractivity contribution in [3.63, 3.8) is 0 Å². The Morgan fingerprint density at radius 2 is 2.12 bits per heavy atom. The minimum atomic E-state index is -0.983. The van der Waals surface area contributed by atoms with Gasteiger partial charge in [-0.1, -0.05) is 23.7 Å². The second-order valence-corrected chi connectivity index (χ2v) is 6.23. The number of aliphatic carboxylic acids is 1. The first-order valence-corrected chi connectivity index (χ1v) is 8.14. The van der Waals surface area contributed by atoms with Crippen LogP contribution in [-0.2, 0) is 16.0 Å². The van der Waals surface area contributed by atoms with Crippen molar-refractivity contribution in [3.05, 3.63) is 41.4 Å². The molecule has 6 nitrogen and oxygen atoms in total. The molecule has 1 unspecified atom stereocenters. The summed E-state index contributed by atoms with van der Waals surface area (Å²) in [7, 11) is 0. The Hall–Kier alpha value is -2.34. The summed E-state index contributed by atoms with van der Waals surface area (Å²) in [6, 6.07) is 6.47. The Morgan fingerprint density at radius 1 is 1.38 bits per heavy atom. The number of amides is 1. The summed E-state index contributed by atoms with van der Waals surface area (Å²) in [6.07, 6.45) is 3.68. The Balaban J connectivity index is 1.56. The van der Waals surface area contributed by atoms with Crippen LogP contribution in [0.1, 0.15) is 25.2 Å². The van der Waals surface area contributed by atoms with Gasteiger partial charge >= 0.3 is 5.97 Å². The number of aromatic nitrogens is 1. The third-order valence-corrected chi connectivity index (χ3v) is 4.26. The Kier molecular flexibility index (Phi) is 4.85. The number of aryl methyl sites for hydroxylation is 1. The van der Waals surface area contributed by atoms with Gasteiger partial charge in [0, 0.05) is 18.4 Å². The minimum Gasteiger partial charge on any atom is -0.480 e. The first-order chi connectivity index (χ1) is 11.5. The van der Waals surface area contributed by atoms with Crippen molar-refractivity contribution in [1.29, 1.82) is 0 Å². The minimum absolute atomic E-state index is 0.0556. The van der Waals surface area contributed by atoms with E-state index in [-0.39, 0.29) is 18.2 Å². The van der Waals surface area contributed by atoms with Gasteiger partial charge in [0.15, 0.2) is 11.7 Å². The van der Waals surface area contributed by atoms with E-state index in [0.29, 0.717) is 23.1 Å². The molecule has 1 amide bonds. The summed E-state index contributed by atoms with van der Waals surface area (Å²) in [5.74, 6) is -0.287. The van der Waals surface area contributed by atoms with Crippen molar-refractivity contribution in [2.75, 3.05) is 0 Å². The molecule has 24 heavy (non-hydrogen) atoms. The first-order valence-electron chi connectivity index (χ1n) is 7.76. The summed E-state index contributed by atoms with van der Waals surface area (Å²) >= 11 is 6.11. The topological polar surface area (TPSA) is 92.4 Å². The molecule has 1 aliphatic carbocycles. The lowest BCUT2D eigenvalue weighted by Crippen LogP contribution is -2.42. The fourth-order valence-corrected chi connectivity index (χ4v) is 2.72. The van der Waals surface area contributed by atoms with Crippen LogP contribution in [0.2, 0.25) is 5.02 Å². The van der Waals surface area contributed by atoms with Crippen LogP contribution in [0.5, 0.6) is 0 Å². The van der Waals surface area contributed by atoms with Crippen LogP contribution < -0.4 is 5.32 Å². The highest BCUT2D eigenvalue weighted by atomic mass is 35.5. The molecule has 0 radical (unpaired) electrons. The van der Waals surface area contributed by atoms with E-state index in [1.807, 2.05) is 18.2 Å². The van der Waals surface area contributed by atoms with E-state index in [9.17, 15) is 9.59 Å². The second-order valence-electron chi connectivity index (χ2n) is 5.82. The largest absolute Gasteiger partial charge is 0.480 e. The van der Waals surface area contributed by atoms with Crippen LogP contribution in [0.4, 0.5) is 0 Å². The van der Waals surface area contributed by atoms with E-state index >= 15 is 0 Å². The molecular weight excluding hydrogens is 332 g/mol. The lowest BCUT2D eigenvalue weighted by molar-refractivity contribution is -0.142. The lowest BCUT2D eigenvalue weighted by Gasteiger charge is -2.12. The fraction of sp³-hybridized carbons (Fsp3) is 0.353. The number of hydrogen-bond acceptors (Lipinski definition) is 4. The molecule has 1 aliphatic rings. The molecule has 0 spiro atoms. The smallest absolute Gasteiger partial charge is 0.326 e. The van der Waals surface area contributed by atoms with Crippen molar-refractivity contribution in [3.8, 4) is 11.3 Å². The summed E-state index contributed by atoms with van der Waals surface area (Å²) in [6.45, 7) is 0. The summed E-state index contributed by atoms with van der Waals surface area (Å²) in [5.41, 5.74) is 0.738. The molecule has 3 rings (SSSR count). The van der Waals surface area contributed by atoms with Crippen molar-refractivity contribution >= 4 is 23.5 Å². The van der Waals surface area contributed by atoms with Gasteiger partial charge in [0.1, 0.15) is 6.04 Å². The van der Waals surface area contributed by atoms with Gasteiger partial charge in [-0.05, 0) is 30.9 Å². The lowest BCUT2D eigenvalue weighted by atomic mass is 10.1. The number of carboxylic acid groups (broad SMARTS) is 1. The molecule has 1 fully saturated rings. The molecule has 1 aromatic carbocycles. The molecule has 0 aliphatic heterocycles. The molecule has 0 bridgehead atoms. The van der Waals surface area contributed by atoms with Gasteiger partial charge in [0.05, 0.1) is 11.2 Å². The summed E-state index contributed by atoms with van der Waals surface area (Å²) < 4.78 is 5.62. The van der Waals surface area contributed by atoms with Crippen molar-refractivity contribution in [1.82, 2.24) is 10.3 Å². The Morgan fingerprint density at radius 3 is 2.79 bits per heavy atom. The van der Waals surface area contributed by atoms with Crippen molar-refractivity contribution in [2.24, 2.45) is 5.92 Å². The quantitative estimate of drug-likeness (QED) is 0.802. The van der Waals surface area contributed by atoms with E-state index in [4.69, 9.17) is 21.1 Å². The molecule has 1 saturated carbocycles. The number of carbonyl (C=O) groups excluding carboxylic acids is 1. The maximum Gasteiger partial charge on any atom is 0.326 e. The van der Waals surface area contributed by atoms with Gasteiger partial charge in [0.2, 0.25) is 5.91 Å². The fourth-order valence-electron chi connectivity index (χ4n) is 2.49. The normalized spacial score (nSPS) is 15.0. The number of nitrogens with one attached hydrogen (secondary N) is 1. The van der Waals surface area contributed by atoms with E-state index in [2.05, 4.69) is 10.3 Å². The van der Waals surface area contributed by atoms with Gasteiger partial charge in [-0.3, -0.25) is 4.79 Å². The van der Waals surface area contributed by atoms with E-state index in [0.717, 1.165) is 18.4 Å². The molecule has 1 heterocycles. The van der Waals surface area contributed by atoms with Crippen molar-refractivity contribution < 1.29 is 19.1 Å². The molecule has 7 heteroatoms. The van der Waals surface area contributed by atoms with E-state index in [1.165, 1.54) is 0 Å². The summed E-state index contributed by atoms with van der Waals surface area (Å²) in [5, 5.41) is 12.2. The van der Waals surface area contributed by atoms with Crippen LogP contribution in [0.25, 0.3) is 11.3 Å². The molecule has 1 atom stereocenters. The van der Waals surface area contributed by atoms with E-state index in [1.54, 1.807) is 12.3 Å². The highest BCUT2D eigenvalue weighted by Gasteiger charge is 2.37. The zero-order valence-electron chi connectivity index (χ0n) is 12.9. The Bertz CT molecular complexity index is 755. The number of rotatable bonds is 7. The van der Waals surface area contributed by atoms with Crippen LogP contribution in [0.15, 0.2) is 34.9 Å². The zero-order valence-corrected chi connectivity index (χ0v) is 13.6. The zero-order chi connectivity index (χ0) is 17.1. The number of carbonyl (C=O) groups is 2. The maximum atomic E-state index is 11.9. The number of oxazole rings is 1. The van der Waals surface area contributed by atoms with Gasteiger partial charge in [-0.15, -0.1) is 0 Å². The summed E-state index contributed by atoms with van der Waals surface area (Å²) in [4.78, 5) is 27.2. The van der Waals surface area contributed by atoms with Crippen LogP contribution in [0.3, 0.4) is 0 Å². The number of nitrogens with zero attached hydrogens (tertiary/aromatic N) is 1. The number of halogens is 1. The predicted molar refractivity (Wildman–Crippen MR) is 87.6 cm³/mol. The Labute approximate surface area is 143 Å². The van der Waals surface area contributed by atoms with Gasteiger partial charge < -0.3 is 14.8 Å². The second kappa shape index (κ2) is 7.05. The highest BCUT2D eigenvalue weighted by molar-refractivity contribution is 6.33. The van der Waals surface area contributed by atoms with Gasteiger partial charge in [0.25, 0.3) is 0 Å². The van der Waals surface area contributed by atoms with E-state index < -0.39 is 12.0 Å². The molecule has 2 N–H and O–H groups in total. The maximum absolute atomic E-state index is 11.9. The molecule has 1 aromatic heterocycles. The number of carboxylic acids is 1. The van der Waals surface area contributed by atoms with Crippen LogP contribution >= 0.6 is 11.6 Å².